The Morgan fingerprint density at radius 2 is 1.80 bits per heavy atom. The molecule has 1 rings (SSSR count). The van der Waals surface area contributed by atoms with Crippen molar-refractivity contribution >= 4 is 34.3 Å². The third kappa shape index (κ3) is 4.85. The van der Waals surface area contributed by atoms with Gasteiger partial charge in [-0.15, -0.1) is 12.4 Å². The second-order valence-electron chi connectivity index (χ2n) is 3.86. The summed E-state index contributed by atoms with van der Waals surface area (Å²) < 4.78 is 16.1. The molecule has 7 heteroatoms. The minimum atomic E-state index is -0.463. The maximum Gasteiger partial charge on any atom is 0.307 e. The van der Waals surface area contributed by atoms with Gasteiger partial charge in [-0.2, -0.15) is 0 Å². The highest BCUT2D eigenvalue weighted by Gasteiger charge is 2.17. The van der Waals surface area contributed by atoms with E-state index >= 15 is 0 Å². The van der Waals surface area contributed by atoms with Gasteiger partial charge >= 0.3 is 5.97 Å². The third-order valence-electron chi connectivity index (χ3n) is 2.59. The molecule has 0 amide bonds. The van der Waals surface area contributed by atoms with Gasteiger partial charge in [0.1, 0.15) is 16.0 Å². The number of hydrogen-bond donors (Lipinski definition) is 1. The summed E-state index contributed by atoms with van der Waals surface area (Å²) in [5, 5.41) is 0. The van der Waals surface area contributed by atoms with E-state index in [9.17, 15) is 4.79 Å². The highest BCUT2D eigenvalue weighted by atomic mass is 79.9. The van der Waals surface area contributed by atoms with Gasteiger partial charge in [0.05, 0.1) is 27.2 Å². The monoisotopic (exact) mass is 367 g/mol. The average molecular weight is 369 g/mol. The molecular weight excluding hydrogens is 350 g/mol. The van der Waals surface area contributed by atoms with Gasteiger partial charge in [-0.05, 0) is 40.5 Å². The normalized spacial score (nSPS) is 11.2. The molecule has 0 unspecified atom stereocenters. The van der Waals surface area contributed by atoms with E-state index in [0.29, 0.717) is 22.6 Å². The van der Waals surface area contributed by atoms with E-state index in [2.05, 4.69) is 15.9 Å². The summed E-state index contributed by atoms with van der Waals surface area (Å²) in [6, 6.07) is 3.09. The summed E-state index contributed by atoms with van der Waals surface area (Å²) in [6.45, 7) is 2.10. The first-order valence-corrected chi connectivity index (χ1v) is 6.65. The molecule has 5 nitrogen and oxygen atoms in total. The zero-order valence-corrected chi connectivity index (χ0v) is 14.0. The summed E-state index contributed by atoms with van der Waals surface area (Å²) in [5.41, 5.74) is 6.75. The van der Waals surface area contributed by atoms with Crippen molar-refractivity contribution in [2.45, 2.75) is 19.4 Å². The molecule has 0 spiro atoms. The fraction of sp³-hybridized carbons (Fsp3) is 0.462. The molecule has 0 aliphatic heterocycles. The lowest BCUT2D eigenvalue weighted by atomic mass is 10.0. The highest BCUT2D eigenvalue weighted by Crippen LogP contribution is 2.37. The average Bonchev–Trinajstić information content (AvgIpc) is 2.39. The Kier molecular flexibility index (Phi) is 8.60. The van der Waals surface area contributed by atoms with Crippen LogP contribution in [-0.2, 0) is 9.53 Å². The van der Waals surface area contributed by atoms with Crippen LogP contribution >= 0.6 is 28.3 Å². The summed E-state index contributed by atoms with van der Waals surface area (Å²) in [5.74, 6) is 0.887. The molecule has 0 aliphatic carbocycles. The van der Waals surface area contributed by atoms with Gasteiger partial charge in [0.2, 0.25) is 0 Å². The van der Waals surface area contributed by atoms with E-state index in [1.165, 1.54) is 0 Å². The Labute approximate surface area is 133 Å². The lowest BCUT2D eigenvalue weighted by Gasteiger charge is -2.15. The number of esters is 1. The smallest absolute Gasteiger partial charge is 0.307 e. The minimum Gasteiger partial charge on any atom is -0.495 e. The molecule has 114 valence electrons. The molecule has 0 saturated heterocycles. The van der Waals surface area contributed by atoms with Gasteiger partial charge in [-0.25, -0.2) is 0 Å². The summed E-state index contributed by atoms with van der Waals surface area (Å²) in [6.07, 6.45) is 0.113. The lowest BCUT2D eigenvalue weighted by molar-refractivity contribution is -0.143. The second-order valence-corrected chi connectivity index (χ2v) is 4.65. The number of carbonyl (C=O) groups is 1. The van der Waals surface area contributed by atoms with Crippen LogP contribution in [0.15, 0.2) is 16.6 Å². The topological polar surface area (TPSA) is 70.8 Å². The zero-order chi connectivity index (χ0) is 14.4. The van der Waals surface area contributed by atoms with E-state index in [1.807, 2.05) is 0 Å². The fourth-order valence-corrected chi connectivity index (χ4v) is 2.17. The number of ether oxygens (including phenoxy) is 3. The van der Waals surface area contributed by atoms with Gasteiger partial charge < -0.3 is 19.9 Å². The van der Waals surface area contributed by atoms with Crippen molar-refractivity contribution in [3.63, 3.8) is 0 Å². The second kappa shape index (κ2) is 9.05. The van der Waals surface area contributed by atoms with Gasteiger partial charge in [0.15, 0.2) is 0 Å². The summed E-state index contributed by atoms with van der Waals surface area (Å²) >= 11 is 3.38. The van der Waals surface area contributed by atoms with Crippen LogP contribution < -0.4 is 15.2 Å². The van der Waals surface area contributed by atoms with Crippen LogP contribution in [-0.4, -0.2) is 26.8 Å². The van der Waals surface area contributed by atoms with Gasteiger partial charge in [0, 0.05) is 6.04 Å². The lowest BCUT2D eigenvalue weighted by Crippen LogP contribution is -2.17. The Balaban J connectivity index is 0.00000361. The molecule has 0 heterocycles. The number of benzene rings is 1. The van der Waals surface area contributed by atoms with Crippen molar-refractivity contribution in [3.05, 3.63) is 22.2 Å². The quantitative estimate of drug-likeness (QED) is 0.782. The highest BCUT2D eigenvalue weighted by molar-refractivity contribution is 9.10. The Morgan fingerprint density at radius 3 is 2.20 bits per heavy atom. The molecule has 0 fully saturated rings. The van der Waals surface area contributed by atoms with Crippen LogP contribution in [0.4, 0.5) is 0 Å². The maximum atomic E-state index is 11.4. The van der Waals surface area contributed by atoms with Crippen molar-refractivity contribution in [3.8, 4) is 11.5 Å². The number of methoxy groups -OCH3 is 2. The first-order chi connectivity index (χ1) is 9.03. The molecule has 1 aromatic carbocycles. The van der Waals surface area contributed by atoms with Crippen LogP contribution in [0.5, 0.6) is 11.5 Å². The first kappa shape index (κ1) is 19.0. The van der Waals surface area contributed by atoms with E-state index in [-0.39, 0.29) is 24.8 Å². The summed E-state index contributed by atoms with van der Waals surface area (Å²) in [7, 11) is 3.11. The van der Waals surface area contributed by atoms with Crippen molar-refractivity contribution in [2.24, 2.45) is 5.73 Å². The molecular formula is C13H19BrClNO4. The third-order valence-corrected chi connectivity index (χ3v) is 3.37. The van der Waals surface area contributed by atoms with Crippen molar-refractivity contribution in [1.29, 1.82) is 0 Å². The van der Waals surface area contributed by atoms with Gasteiger partial charge in [0.25, 0.3) is 0 Å². The number of carbonyl (C=O) groups excluding carboxylic acids is 1. The van der Waals surface area contributed by atoms with Crippen molar-refractivity contribution in [1.82, 2.24) is 0 Å². The van der Waals surface area contributed by atoms with E-state index < -0.39 is 6.04 Å². The van der Waals surface area contributed by atoms with Gasteiger partial charge in [-0.1, -0.05) is 0 Å². The van der Waals surface area contributed by atoms with Gasteiger partial charge in [-0.3, -0.25) is 4.79 Å². The summed E-state index contributed by atoms with van der Waals surface area (Å²) in [4.78, 5) is 11.4. The fourth-order valence-electron chi connectivity index (χ4n) is 1.62. The predicted molar refractivity (Wildman–Crippen MR) is 82.7 cm³/mol. The molecule has 0 saturated carbocycles. The minimum absolute atomic E-state index is 0. The Morgan fingerprint density at radius 1 is 1.30 bits per heavy atom. The molecule has 2 N–H and O–H groups in total. The molecule has 20 heavy (non-hydrogen) atoms. The first-order valence-electron chi connectivity index (χ1n) is 5.86. The largest absolute Gasteiger partial charge is 0.495 e. The van der Waals surface area contributed by atoms with Crippen LogP contribution in [0.2, 0.25) is 0 Å². The Hall–Kier alpha value is -0.980. The van der Waals surface area contributed by atoms with Crippen molar-refractivity contribution in [2.75, 3.05) is 20.8 Å². The number of hydrogen-bond acceptors (Lipinski definition) is 5. The van der Waals surface area contributed by atoms with Crippen molar-refractivity contribution < 1.29 is 19.0 Å². The predicted octanol–water partition coefficient (Wildman–Crippen LogP) is 2.84. The van der Waals surface area contributed by atoms with E-state index in [1.54, 1.807) is 33.3 Å². The van der Waals surface area contributed by atoms with Crippen LogP contribution in [0.1, 0.15) is 24.9 Å². The van der Waals surface area contributed by atoms with E-state index in [4.69, 9.17) is 19.9 Å². The number of nitrogens with two attached hydrogens (primary N) is 1. The molecule has 0 aromatic heterocycles. The van der Waals surface area contributed by atoms with Crippen LogP contribution in [0.25, 0.3) is 0 Å². The molecule has 0 radical (unpaired) electrons. The molecule has 0 bridgehead atoms. The number of halogens is 2. The van der Waals surface area contributed by atoms with Crippen LogP contribution in [0, 0.1) is 0 Å². The molecule has 1 aromatic rings. The SMILES string of the molecule is CCOC(=O)C[C@@H](N)c1cc(OC)c(Br)c(OC)c1.Cl. The zero-order valence-electron chi connectivity index (χ0n) is 11.6. The molecule has 1 atom stereocenters. The number of rotatable bonds is 6. The maximum absolute atomic E-state index is 11.4. The Bertz CT molecular complexity index is 431. The van der Waals surface area contributed by atoms with Crippen LogP contribution in [0.3, 0.4) is 0 Å². The standard InChI is InChI=1S/C13H18BrNO4.ClH/c1-4-19-12(16)7-9(15)8-5-10(17-2)13(14)11(6-8)18-3;/h5-6,9H,4,7,15H2,1-3H3;1H/t9-;/m1./s1. The molecule has 0 aliphatic rings. The van der Waals surface area contributed by atoms with E-state index in [0.717, 1.165) is 5.56 Å².